The molecule has 8 heteroatoms. The van der Waals surface area contributed by atoms with Crippen LogP contribution in [0.1, 0.15) is 41.7 Å². The van der Waals surface area contributed by atoms with Crippen molar-refractivity contribution >= 4 is 5.69 Å². The van der Waals surface area contributed by atoms with Crippen LogP contribution in [0.5, 0.6) is 5.75 Å². The molecule has 2 aromatic rings. The number of rotatable bonds is 2. The molecule has 0 spiro atoms. The summed E-state index contributed by atoms with van der Waals surface area (Å²) in [7, 11) is 0. The van der Waals surface area contributed by atoms with Crippen LogP contribution in [0, 0.1) is 11.7 Å². The van der Waals surface area contributed by atoms with Gasteiger partial charge in [-0.1, -0.05) is 6.07 Å². The van der Waals surface area contributed by atoms with Crippen molar-refractivity contribution in [1.29, 1.82) is 0 Å². The Bertz CT molecular complexity index is 886. The number of fused-ring (bicyclic) bond motifs is 3. The molecule has 2 aromatic carbocycles. The van der Waals surface area contributed by atoms with Crippen molar-refractivity contribution in [3.63, 3.8) is 0 Å². The summed E-state index contributed by atoms with van der Waals surface area (Å²) < 4.78 is 59.4. The topological polar surface area (TPSA) is 61.7 Å². The van der Waals surface area contributed by atoms with Gasteiger partial charge in [0.25, 0.3) is 0 Å². The quantitative estimate of drug-likeness (QED) is 0.651. The number of ether oxygens (including phenoxy) is 1. The third-order valence-electron chi connectivity index (χ3n) is 5.51. The van der Waals surface area contributed by atoms with Crippen LogP contribution in [-0.4, -0.2) is 22.9 Å². The van der Waals surface area contributed by atoms with E-state index in [1.54, 1.807) is 6.07 Å². The number of aliphatic hydroxyl groups excluding tert-OH is 1. The van der Waals surface area contributed by atoms with E-state index in [4.69, 9.17) is 4.74 Å². The fourth-order valence-electron chi connectivity index (χ4n) is 4.11. The predicted octanol–water partition coefficient (Wildman–Crippen LogP) is 4.55. The summed E-state index contributed by atoms with van der Waals surface area (Å²) in [6, 6.07) is 7.08. The summed E-state index contributed by atoms with van der Waals surface area (Å²) in [5.41, 5.74) is 0.664. The van der Waals surface area contributed by atoms with Crippen molar-refractivity contribution in [2.24, 2.45) is 5.92 Å². The van der Waals surface area contributed by atoms with E-state index in [1.165, 1.54) is 18.2 Å². The Hall–Kier alpha value is -2.32. The van der Waals surface area contributed by atoms with E-state index in [0.29, 0.717) is 29.7 Å². The Labute approximate surface area is 158 Å². The largest absolute Gasteiger partial charge is 0.505 e. The lowest BCUT2D eigenvalue weighted by molar-refractivity contribution is -0.138. The van der Waals surface area contributed by atoms with Gasteiger partial charge in [-0.25, -0.2) is 4.39 Å². The number of benzene rings is 2. The number of halogens is 4. The lowest BCUT2D eigenvalue weighted by atomic mass is 9.76. The maximum atomic E-state index is 13.9. The van der Waals surface area contributed by atoms with E-state index in [0.717, 1.165) is 12.1 Å². The van der Waals surface area contributed by atoms with Gasteiger partial charge in [-0.05, 0) is 48.7 Å². The van der Waals surface area contributed by atoms with E-state index in [2.05, 4.69) is 5.32 Å². The molecule has 4 atom stereocenters. The van der Waals surface area contributed by atoms with Gasteiger partial charge in [0.2, 0.25) is 0 Å². The number of nitrogens with one attached hydrogen (secondary N) is 1. The number of hydrogen-bond donors (Lipinski definition) is 3. The number of aliphatic hydroxyl groups is 1. The molecule has 150 valence electrons. The minimum atomic E-state index is -4.48. The van der Waals surface area contributed by atoms with Crippen molar-refractivity contribution in [1.82, 2.24) is 0 Å². The van der Waals surface area contributed by atoms with Crippen molar-refractivity contribution in [3.05, 3.63) is 58.9 Å². The van der Waals surface area contributed by atoms with Gasteiger partial charge in [-0.3, -0.25) is 0 Å². The minimum absolute atomic E-state index is 0.219. The third kappa shape index (κ3) is 3.31. The first-order valence-electron chi connectivity index (χ1n) is 9.00. The van der Waals surface area contributed by atoms with Gasteiger partial charge in [0.05, 0.1) is 30.4 Å². The second-order valence-corrected chi connectivity index (χ2v) is 7.24. The van der Waals surface area contributed by atoms with Gasteiger partial charge in [0, 0.05) is 17.2 Å². The molecule has 4 nitrogen and oxygen atoms in total. The van der Waals surface area contributed by atoms with E-state index >= 15 is 0 Å². The van der Waals surface area contributed by atoms with Crippen LogP contribution in [-0.2, 0) is 10.9 Å². The molecule has 0 saturated carbocycles. The number of aromatic hydroxyl groups is 1. The van der Waals surface area contributed by atoms with Crippen molar-refractivity contribution in [2.75, 3.05) is 11.9 Å². The molecule has 28 heavy (non-hydrogen) atoms. The van der Waals surface area contributed by atoms with Gasteiger partial charge >= 0.3 is 6.18 Å². The number of anilines is 1. The second kappa shape index (κ2) is 6.93. The van der Waals surface area contributed by atoms with Gasteiger partial charge in [0.1, 0.15) is 0 Å². The van der Waals surface area contributed by atoms with Crippen molar-refractivity contribution < 1.29 is 32.5 Å². The average molecular weight is 397 g/mol. The number of phenolic OH excluding ortho intramolecular Hbond substituents is 1. The van der Waals surface area contributed by atoms with Crippen LogP contribution >= 0.6 is 0 Å². The Morgan fingerprint density at radius 3 is 2.57 bits per heavy atom. The monoisotopic (exact) mass is 397 g/mol. The Balaban J connectivity index is 1.78. The number of hydrogen-bond acceptors (Lipinski definition) is 4. The second-order valence-electron chi connectivity index (χ2n) is 7.24. The summed E-state index contributed by atoms with van der Waals surface area (Å²) in [5.74, 6) is -1.48. The Kier molecular flexibility index (Phi) is 4.71. The molecule has 2 heterocycles. The zero-order valence-corrected chi connectivity index (χ0v) is 14.7. The molecular formula is C20H19F4NO3. The van der Waals surface area contributed by atoms with Crippen molar-refractivity contribution in [2.45, 2.75) is 37.3 Å². The molecule has 2 aliphatic heterocycles. The normalized spacial score (nSPS) is 26.9. The van der Waals surface area contributed by atoms with Crippen LogP contribution < -0.4 is 5.32 Å². The average Bonchev–Trinajstić information content (AvgIpc) is 2.68. The Morgan fingerprint density at radius 2 is 1.89 bits per heavy atom. The third-order valence-corrected chi connectivity index (χ3v) is 5.51. The molecule has 1 unspecified atom stereocenters. The minimum Gasteiger partial charge on any atom is -0.505 e. The molecule has 3 N–H and O–H groups in total. The summed E-state index contributed by atoms with van der Waals surface area (Å²) in [6.07, 6.45) is -4.46. The standard InChI is InChI=1S/C20H19F4NO3/c21-15-7-10(1-6-17(15)27)18-13-4-3-12(9-26)28-19(13)14-8-11(20(22,23)24)2-5-16(14)25-18/h1-2,5-8,12-13,18-19,25-27H,3-4,9H2/t12?,13-,18-,19-/m0/s1. The van der Waals surface area contributed by atoms with Crippen LogP contribution in [0.3, 0.4) is 0 Å². The molecule has 0 aliphatic carbocycles. The maximum absolute atomic E-state index is 13.9. The highest BCUT2D eigenvalue weighted by molar-refractivity contribution is 5.59. The zero-order chi connectivity index (χ0) is 20.1. The van der Waals surface area contributed by atoms with E-state index in [1.807, 2.05) is 0 Å². The summed E-state index contributed by atoms with van der Waals surface area (Å²) in [5, 5.41) is 22.1. The summed E-state index contributed by atoms with van der Waals surface area (Å²) >= 11 is 0. The van der Waals surface area contributed by atoms with Crippen LogP contribution in [0.25, 0.3) is 0 Å². The van der Waals surface area contributed by atoms with Crippen LogP contribution in [0.4, 0.5) is 23.2 Å². The molecule has 4 rings (SSSR count). The SMILES string of the molecule is OCC1CC[C@@H]2[C@H](O1)c1cc(C(F)(F)F)ccc1N[C@H]2c1ccc(O)c(F)c1. The molecular weight excluding hydrogens is 378 g/mol. The molecule has 1 fully saturated rings. The van der Waals surface area contributed by atoms with Gasteiger partial charge in [-0.2, -0.15) is 13.2 Å². The summed E-state index contributed by atoms with van der Waals surface area (Å²) in [6.45, 7) is -0.219. The first kappa shape index (κ1) is 19.0. The van der Waals surface area contributed by atoms with E-state index < -0.39 is 41.6 Å². The number of phenols is 1. The Morgan fingerprint density at radius 1 is 1.11 bits per heavy atom. The lowest BCUT2D eigenvalue weighted by Gasteiger charge is -2.45. The molecule has 0 aromatic heterocycles. The predicted molar refractivity (Wildman–Crippen MR) is 93.3 cm³/mol. The fraction of sp³-hybridized carbons (Fsp3) is 0.400. The first-order chi connectivity index (χ1) is 13.3. The molecule has 0 bridgehead atoms. The smallest absolute Gasteiger partial charge is 0.416 e. The fourth-order valence-corrected chi connectivity index (χ4v) is 4.11. The molecule has 0 radical (unpaired) electrons. The highest BCUT2D eigenvalue weighted by Crippen LogP contribution is 2.51. The van der Waals surface area contributed by atoms with E-state index in [9.17, 15) is 27.8 Å². The maximum Gasteiger partial charge on any atom is 0.416 e. The van der Waals surface area contributed by atoms with Gasteiger partial charge in [0.15, 0.2) is 11.6 Å². The van der Waals surface area contributed by atoms with Gasteiger partial charge < -0.3 is 20.3 Å². The van der Waals surface area contributed by atoms with Crippen LogP contribution in [0.15, 0.2) is 36.4 Å². The summed E-state index contributed by atoms with van der Waals surface area (Å²) in [4.78, 5) is 0. The highest BCUT2D eigenvalue weighted by atomic mass is 19.4. The van der Waals surface area contributed by atoms with Crippen molar-refractivity contribution in [3.8, 4) is 5.75 Å². The van der Waals surface area contributed by atoms with Crippen LogP contribution in [0.2, 0.25) is 0 Å². The molecule has 2 aliphatic rings. The molecule has 0 amide bonds. The van der Waals surface area contributed by atoms with Gasteiger partial charge in [-0.15, -0.1) is 0 Å². The lowest BCUT2D eigenvalue weighted by Crippen LogP contribution is -2.40. The first-order valence-corrected chi connectivity index (χ1v) is 9.00. The number of alkyl halides is 3. The van der Waals surface area contributed by atoms with E-state index in [-0.39, 0.29) is 12.5 Å². The molecule has 1 saturated heterocycles. The highest BCUT2D eigenvalue weighted by Gasteiger charge is 2.43. The zero-order valence-electron chi connectivity index (χ0n) is 14.7.